The van der Waals surface area contributed by atoms with Gasteiger partial charge in [0, 0.05) is 23.4 Å². The molecule has 0 aliphatic carbocycles. The second-order valence-electron chi connectivity index (χ2n) is 7.02. The van der Waals surface area contributed by atoms with Crippen LogP contribution in [0.1, 0.15) is 5.56 Å². The van der Waals surface area contributed by atoms with E-state index >= 15 is 0 Å². The fourth-order valence-corrected chi connectivity index (χ4v) is 3.15. The number of rotatable bonds is 7. The number of anilines is 1. The Morgan fingerprint density at radius 2 is 1.85 bits per heavy atom. The summed E-state index contributed by atoms with van der Waals surface area (Å²) < 4.78 is 11.1. The molecule has 166 valence electrons. The first kappa shape index (κ1) is 21.4. The number of carbonyl (C=O) groups is 1. The standard InChI is InChI=1S/C22H16N4O7/c1-13-4-2-3-5-16(13)22-24-17-8-6-14(10-20(17)33-22)23-21(27)12-32-19-9-7-15(25(28)29)11-18(19)26(30)31/h2-11H,12H2,1H3,(H,23,27). The molecule has 0 unspecified atom stereocenters. The highest BCUT2D eigenvalue weighted by Crippen LogP contribution is 2.31. The zero-order valence-electron chi connectivity index (χ0n) is 17.2. The maximum atomic E-state index is 12.3. The third-order valence-electron chi connectivity index (χ3n) is 4.76. The summed E-state index contributed by atoms with van der Waals surface area (Å²) in [5.74, 6) is -0.379. The van der Waals surface area contributed by atoms with Gasteiger partial charge in [0.25, 0.3) is 11.6 Å². The van der Waals surface area contributed by atoms with Gasteiger partial charge in [0.1, 0.15) is 5.52 Å². The van der Waals surface area contributed by atoms with E-state index in [2.05, 4.69) is 10.3 Å². The van der Waals surface area contributed by atoms with Crippen molar-refractivity contribution in [3.05, 3.63) is 86.5 Å². The van der Waals surface area contributed by atoms with Gasteiger partial charge < -0.3 is 14.5 Å². The van der Waals surface area contributed by atoms with Crippen LogP contribution in [0.3, 0.4) is 0 Å². The fourth-order valence-electron chi connectivity index (χ4n) is 3.15. The number of hydrogen-bond acceptors (Lipinski definition) is 8. The van der Waals surface area contributed by atoms with Gasteiger partial charge in [0.2, 0.25) is 5.89 Å². The number of amides is 1. The summed E-state index contributed by atoms with van der Waals surface area (Å²) in [5, 5.41) is 24.6. The molecular weight excluding hydrogens is 432 g/mol. The number of oxazole rings is 1. The van der Waals surface area contributed by atoms with E-state index in [1.165, 1.54) is 0 Å². The predicted octanol–water partition coefficient (Wildman–Crippen LogP) is 4.64. The van der Waals surface area contributed by atoms with Gasteiger partial charge >= 0.3 is 5.69 Å². The molecule has 4 aromatic rings. The van der Waals surface area contributed by atoms with Crippen molar-refractivity contribution in [3.63, 3.8) is 0 Å². The van der Waals surface area contributed by atoms with Crippen LogP contribution in [-0.4, -0.2) is 27.3 Å². The van der Waals surface area contributed by atoms with Gasteiger partial charge in [-0.3, -0.25) is 25.0 Å². The van der Waals surface area contributed by atoms with Crippen molar-refractivity contribution in [1.29, 1.82) is 0 Å². The number of non-ortho nitro benzene ring substituents is 1. The van der Waals surface area contributed by atoms with E-state index in [9.17, 15) is 25.0 Å². The van der Waals surface area contributed by atoms with Crippen LogP contribution in [-0.2, 0) is 4.79 Å². The highest BCUT2D eigenvalue weighted by molar-refractivity contribution is 5.94. The van der Waals surface area contributed by atoms with E-state index in [1.807, 2.05) is 31.2 Å². The Hall–Kier alpha value is -4.80. The van der Waals surface area contributed by atoms with Gasteiger partial charge in [-0.05, 0) is 36.8 Å². The normalized spacial score (nSPS) is 10.7. The molecule has 0 bridgehead atoms. The van der Waals surface area contributed by atoms with Crippen molar-refractivity contribution in [3.8, 4) is 17.2 Å². The molecule has 1 aromatic heterocycles. The quantitative estimate of drug-likeness (QED) is 0.317. The molecule has 0 aliphatic heterocycles. The van der Waals surface area contributed by atoms with E-state index in [4.69, 9.17) is 9.15 Å². The molecule has 0 saturated heterocycles. The number of nitro groups is 2. The van der Waals surface area contributed by atoms with Crippen molar-refractivity contribution in [1.82, 2.24) is 4.98 Å². The molecule has 0 fully saturated rings. The summed E-state index contributed by atoms with van der Waals surface area (Å²) in [6.45, 7) is 1.41. The lowest BCUT2D eigenvalue weighted by Crippen LogP contribution is -2.20. The minimum absolute atomic E-state index is 0.255. The third-order valence-corrected chi connectivity index (χ3v) is 4.76. The molecule has 0 saturated carbocycles. The Morgan fingerprint density at radius 1 is 1.06 bits per heavy atom. The molecule has 3 aromatic carbocycles. The van der Waals surface area contributed by atoms with Crippen LogP contribution >= 0.6 is 0 Å². The maximum Gasteiger partial charge on any atom is 0.317 e. The van der Waals surface area contributed by atoms with Crippen molar-refractivity contribution in [2.45, 2.75) is 6.92 Å². The Morgan fingerprint density at radius 3 is 2.58 bits per heavy atom. The molecule has 0 aliphatic rings. The molecule has 11 heteroatoms. The molecule has 33 heavy (non-hydrogen) atoms. The summed E-state index contributed by atoms with van der Waals surface area (Å²) in [6.07, 6.45) is 0. The van der Waals surface area contributed by atoms with E-state index in [0.29, 0.717) is 22.7 Å². The number of benzene rings is 3. The number of ether oxygens (including phenoxy) is 1. The van der Waals surface area contributed by atoms with Gasteiger partial charge in [0.15, 0.2) is 17.9 Å². The van der Waals surface area contributed by atoms with Gasteiger partial charge in [-0.2, -0.15) is 0 Å². The van der Waals surface area contributed by atoms with Crippen LogP contribution in [0.2, 0.25) is 0 Å². The average molecular weight is 448 g/mol. The third kappa shape index (κ3) is 4.61. The second-order valence-corrected chi connectivity index (χ2v) is 7.02. The van der Waals surface area contributed by atoms with E-state index < -0.39 is 33.7 Å². The van der Waals surface area contributed by atoms with Crippen LogP contribution < -0.4 is 10.1 Å². The highest BCUT2D eigenvalue weighted by Gasteiger charge is 2.21. The number of carbonyl (C=O) groups excluding carboxylic acids is 1. The van der Waals surface area contributed by atoms with Crippen LogP contribution in [0.5, 0.6) is 5.75 Å². The minimum atomic E-state index is -0.815. The Labute approximate surface area is 185 Å². The van der Waals surface area contributed by atoms with Crippen LogP contribution in [0.4, 0.5) is 17.1 Å². The fraction of sp³-hybridized carbons (Fsp3) is 0.0909. The molecule has 1 N–H and O–H groups in total. The highest BCUT2D eigenvalue weighted by atomic mass is 16.6. The van der Waals surface area contributed by atoms with E-state index in [-0.39, 0.29) is 5.75 Å². The Balaban J connectivity index is 1.47. The summed E-state index contributed by atoms with van der Waals surface area (Å²) in [4.78, 5) is 37.2. The first-order chi connectivity index (χ1) is 15.8. The smallest absolute Gasteiger partial charge is 0.317 e. The summed E-state index contributed by atoms with van der Waals surface area (Å²) in [6, 6.07) is 15.5. The lowest BCUT2D eigenvalue weighted by Gasteiger charge is -2.08. The molecule has 1 amide bonds. The topological polar surface area (TPSA) is 151 Å². The number of hydrogen-bond donors (Lipinski definition) is 1. The minimum Gasteiger partial charge on any atom is -0.477 e. The SMILES string of the molecule is Cc1ccccc1-c1nc2ccc(NC(=O)COc3ccc([N+](=O)[O-])cc3[N+](=O)[O-])cc2o1. The van der Waals surface area contributed by atoms with Gasteiger partial charge in [-0.25, -0.2) is 4.98 Å². The first-order valence-corrected chi connectivity index (χ1v) is 9.64. The maximum absolute atomic E-state index is 12.3. The number of aryl methyl sites for hydroxylation is 1. The average Bonchev–Trinajstić information content (AvgIpc) is 3.20. The van der Waals surface area contributed by atoms with Crippen LogP contribution in [0.25, 0.3) is 22.6 Å². The largest absolute Gasteiger partial charge is 0.477 e. The number of nitrogens with one attached hydrogen (secondary N) is 1. The molecule has 0 atom stereocenters. The lowest BCUT2D eigenvalue weighted by atomic mass is 10.1. The second kappa shape index (κ2) is 8.75. The number of nitrogens with zero attached hydrogens (tertiary/aromatic N) is 3. The number of aromatic nitrogens is 1. The lowest BCUT2D eigenvalue weighted by molar-refractivity contribution is -0.394. The van der Waals surface area contributed by atoms with E-state index in [1.54, 1.807) is 18.2 Å². The van der Waals surface area contributed by atoms with Crippen molar-refractivity contribution >= 4 is 34.1 Å². The molecule has 0 spiro atoms. The van der Waals surface area contributed by atoms with Gasteiger partial charge in [-0.15, -0.1) is 0 Å². The number of fused-ring (bicyclic) bond motifs is 1. The molecular formula is C22H16N4O7. The predicted molar refractivity (Wildman–Crippen MR) is 118 cm³/mol. The summed E-state index contributed by atoms with van der Waals surface area (Å²) in [7, 11) is 0. The Bertz CT molecular complexity index is 1400. The monoisotopic (exact) mass is 448 g/mol. The molecule has 4 rings (SSSR count). The molecule has 11 nitrogen and oxygen atoms in total. The van der Waals surface area contributed by atoms with Crippen LogP contribution in [0.15, 0.2) is 65.1 Å². The van der Waals surface area contributed by atoms with Gasteiger partial charge in [-0.1, -0.05) is 18.2 Å². The van der Waals surface area contributed by atoms with E-state index in [0.717, 1.165) is 29.3 Å². The first-order valence-electron chi connectivity index (χ1n) is 9.64. The van der Waals surface area contributed by atoms with Crippen molar-refractivity contribution in [2.75, 3.05) is 11.9 Å². The molecule has 1 heterocycles. The van der Waals surface area contributed by atoms with Gasteiger partial charge in [0.05, 0.1) is 15.9 Å². The Kier molecular flexibility index (Phi) is 5.68. The van der Waals surface area contributed by atoms with Crippen molar-refractivity contribution < 1.29 is 23.8 Å². The summed E-state index contributed by atoms with van der Waals surface area (Å²) in [5.41, 5.74) is 2.31. The number of nitro benzene ring substituents is 2. The molecule has 0 radical (unpaired) electrons. The van der Waals surface area contributed by atoms with Crippen molar-refractivity contribution in [2.24, 2.45) is 0 Å². The zero-order valence-corrected chi connectivity index (χ0v) is 17.2. The summed E-state index contributed by atoms with van der Waals surface area (Å²) >= 11 is 0. The zero-order chi connectivity index (χ0) is 23.5. The van der Waals surface area contributed by atoms with Crippen LogP contribution in [0, 0.1) is 27.2 Å².